The minimum atomic E-state index is 0.0367. The van der Waals surface area contributed by atoms with Crippen LogP contribution in [0, 0.1) is 0 Å². The Kier molecular flexibility index (Phi) is 8.98. The second kappa shape index (κ2) is 12.4. The van der Waals surface area contributed by atoms with Crippen LogP contribution < -0.4 is 15.4 Å². The molecule has 0 aliphatic heterocycles. The molecule has 0 aliphatic rings. The van der Waals surface area contributed by atoms with Crippen molar-refractivity contribution < 1.29 is 4.74 Å². The van der Waals surface area contributed by atoms with Crippen molar-refractivity contribution >= 4 is 12.9 Å². The number of methoxy groups -OCH3 is 1. The Hall–Kier alpha value is -3.70. The van der Waals surface area contributed by atoms with Crippen molar-refractivity contribution in [1.29, 1.82) is 0 Å². The second-order valence-electron chi connectivity index (χ2n) is 7.79. The fourth-order valence-electron chi connectivity index (χ4n) is 3.58. The smallest absolute Gasteiger partial charge is 0.144 e. The summed E-state index contributed by atoms with van der Waals surface area (Å²) in [5, 5.41) is 6.67. The Morgan fingerprint density at radius 1 is 1.00 bits per heavy atom. The van der Waals surface area contributed by atoms with Gasteiger partial charge in [0.2, 0.25) is 0 Å². The first-order valence-electron chi connectivity index (χ1n) is 11.0. The molecule has 5 heteroatoms. The number of nitrogens with one attached hydrogen (secondary N) is 2. The Bertz CT molecular complexity index is 1110. The van der Waals surface area contributed by atoms with Crippen LogP contribution in [0.3, 0.4) is 0 Å². The van der Waals surface area contributed by atoms with Gasteiger partial charge >= 0.3 is 0 Å². The number of hydrogen-bond acceptors (Lipinski definition) is 5. The van der Waals surface area contributed by atoms with Crippen LogP contribution in [-0.4, -0.2) is 27.1 Å². The van der Waals surface area contributed by atoms with Gasteiger partial charge in [-0.05, 0) is 72.8 Å². The zero-order valence-electron chi connectivity index (χ0n) is 19.6. The third kappa shape index (κ3) is 7.16. The summed E-state index contributed by atoms with van der Waals surface area (Å²) >= 11 is 0. The van der Waals surface area contributed by atoms with Crippen molar-refractivity contribution in [3.63, 3.8) is 0 Å². The predicted molar refractivity (Wildman–Crippen MR) is 139 cm³/mol. The van der Waals surface area contributed by atoms with E-state index >= 15 is 0 Å². The number of aliphatic imine (C=N–C) groups is 2. The Morgan fingerprint density at radius 3 is 2.55 bits per heavy atom. The average molecular weight is 441 g/mol. The van der Waals surface area contributed by atoms with Gasteiger partial charge in [-0.15, -0.1) is 0 Å². The summed E-state index contributed by atoms with van der Waals surface area (Å²) in [5.41, 5.74) is 5.94. The van der Waals surface area contributed by atoms with Gasteiger partial charge in [0.1, 0.15) is 11.6 Å². The molecule has 0 aliphatic carbocycles. The lowest BCUT2D eigenvalue weighted by atomic mass is 9.97. The summed E-state index contributed by atoms with van der Waals surface area (Å²) in [7, 11) is 3.63. The molecule has 0 amide bonds. The molecule has 1 atom stereocenters. The van der Waals surface area contributed by atoms with Crippen LogP contribution in [0.15, 0.2) is 94.8 Å². The van der Waals surface area contributed by atoms with Crippen molar-refractivity contribution in [2.45, 2.75) is 25.9 Å². The molecule has 0 saturated heterocycles. The monoisotopic (exact) mass is 440 g/mol. The van der Waals surface area contributed by atoms with E-state index in [1.54, 1.807) is 13.3 Å². The van der Waals surface area contributed by atoms with E-state index in [0.717, 1.165) is 17.9 Å². The van der Waals surface area contributed by atoms with E-state index in [1.807, 2.05) is 43.6 Å². The van der Waals surface area contributed by atoms with E-state index < -0.39 is 0 Å². The van der Waals surface area contributed by atoms with Gasteiger partial charge in [0, 0.05) is 19.2 Å². The molecule has 0 spiro atoms. The van der Waals surface area contributed by atoms with Gasteiger partial charge in [-0.1, -0.05) is 48.5 Å². The van der Waals surface area contributed by atoms with Crippen LogP contribution in [-0.2, 0) is 13.0 Å². The quantitative estimate of drug-likeness (QED) is 0.385. The molecule has 3 aromatic rings. The lowest BCUT2D eigenvalue weighted by Gasteiger charge is -2.18. The Labute approximate surface area is 197 Å². The lowest BCUT2D eigenvalue weighted by molar-refractivity contribution is 0.414. The molecule has 33 heavy (non-hydrogen) atoms. The third-order valence-corrected chi connectivity index (χ3v) is 5.30. The first-order valence-corrected chi connectivity index (χ1v) is 11.0. The highest BCUT2D eigenvalue weighted by molar-refractivity contribution is 5.65. The summed E-state index contributed by atoms with van der Waals surface area (Å²) < 4.78 is 5.27. The minimum absolute atomic E-state index is 0.0367. The normalized spacial score (nSPS) is 12.5. The molecule has 3 aromatic carbocycles. The van der Waals surface area contributed by atoms with E-state index in [0.29, 0.717) is 12.2 Å². The average Bonchev–Trinajstić information content (AvgIpc) is 2.86. The molecule has 0 fully saturated rings. The van der Waals surface area contributed by atoms with E-state index in [4.69, 9.17) is 4.74 Å². The molecule has 0 saturated carbocycles. The van der Waals surface area contributed by atoms with Crippen molar-refractivity contribution in [2.24, 2.45) is 9.98 Å². The summed E-state index contributed by atoms with van der Waals surface area (Å²) in [6.07, 6.45) is 4.27. The van der Waals surface area contributed by atoms with E-state index in [-0.39, 0.29) is 6.04 Å². The van der Waals surface area contributed by atoms with Crippen molar-refractivity contribution in [3.8, 4) is 16.9 Å². The standard InChI is InChI=1S/C28H32N4O/c1-21(25-15-23(19-29-2)16-26(18-25)24-10-6-5-7-11-24)32-28(30-3)20-31-14-13-22-9-8-12-27(17-22)33-4/h5-12,14-18,20-21,29,32H,3,13,19H2,1-2,4H3/b28-20+,31-14?. The molecule has 0 bridgehead atoms. The summed E-state index contributed by atoms with van der Waals surface area (Å²) in [6.45, 7) is 6.62. The van der Waals surface area contributed by atoms with Crippen LogP contribution in [0.5, 0.6) is 5.75 Å². The minimum Gasteiger partial charge on any atom is -0.497 e. The maximum Gasteiger partial charge on any atom is 0.144 e. The molecule has 0 radical (unpaired) electrons. The molecular weight excluding hydrogens is 408 g/mol. The third-order valence-electron chi connectivity index (χ3n) is 5.30. The summed E-state index contributed by atoms with van der Waals surface area (Å²) in [6, 6.07) is 25.1. The molecular formula is C28H32N4O. The van der Waals surface area contributed by atoms with Gasteiger partial charge < -0.3 is 15.4 Å². The number of hydrogen-bond donors (Lipinski definition) is 2. The van der Waals surface area contributed by atoms with Gasteiger partial charge in [0.05, 0.1) is 19.4 Å². The topological polar surface area (TPSA) is 58.0 Å². The lowest BCUT2D eigenvalue weighted by Crippen LogP contribution is -2.17. The van der Waals surface area contributed by atoms with Crippen molar-refractivity contribution in [3.05, 3.63) is 102 Å². The fraction of sp³-hybridized carbons (Fsp3) is 0.214. The highest BCUT2D eigenvalue weighted by Crippen LogP contribution is 2.26. The van der Waals surface area contributed by atoms with E-state index in [1.165, 1.54) is 22.3 Å². The summed E-state index contributed by atoms with van der Waals surface area (Å²) in [5.74, 6) is 1.47. The van der Waals surface area contributed by atoms with Crippen molar-refractivity contribution in [1.82, 2.24) is 10.6 Å². The maximum atomic E-state index is 5.27. The molecule has 170 valence electrons. The Morgan fingerprint density at radius 2 is 1.82 bits per heavy atom. The van der Waals surface area contributed by atoms with Crippen LogP contribution in [0.4, 0.5) is 0 Å². The first kappa shape index (κ1) is 24.0. The van der Waals surface area contributed by atoms with E-state index in [9.17, 15) is 0 Å². The van der Waals surface area contributed by atoms with Gasteiger partial charge in [-0.2, -0.15) is 0 Å². The number of nitrogens with zero attached hydrogens (tertiary/aromatic N) is 2. The van der Waals surface area contributed by atoms with E-state index in [2.05, 4.69) is 76.7 Å². The molecule has 0 heterocycles. The number of benzene rings is 3. The van der Waals surface area contributed by atoms with Crippen LogP contribution in [0.2, 0.25) is 0 Å². The highest BCUT2D eigenvalue weighted by atomic mass is 16.5. The predicted octanol–water partition coefficient (Wildman–Crippen LogP) is 5.55. The van der Waals surface area contributed by atoms with Crippen LogP contribution in [0.1, 0.15) is 29.7 Å². The molecule has 1 unspecified atom stereocenters. The Balaban J connectivity index is 1.73. The molecule has 0 aromatic heterocycles. The van der Waals surface area contributed by atoms with Crippen molar-refractivity contribution in [2.75, 3.05) is 14.2 Å². The molecule has 5 nitrogen and oxygen atoms in total. The SMILES string of the molecule is C=N/C(=C\N=CCc1cccc(OC)c1)NC(C)c1cc(CNC)cc(-c2ccccc2)c1. The molecule has 3 rings (SSSR count). The number of ether oxygens (including phenoxy) is 1. The summed E-state index contributed by atoms with van der Waals surface area (Å²) in [4.78, 5) is 8.54. The molecule has 2 N–H and O–H groups in total. The van der Waals surface area contributed by atoms with Crippen LogP contribution >= 0.6 is 0 Å². The van der Waals surface area contributed by atoms with Gasteiger partial charge in [0.15, 0.2) is 0 Å². The zero-order chi connectivity index (χ0) is 23.5. The largest absolute Gasteiger partial charge is 0.497 e. The highest BCUT2D eigenvalue weighted by Gasteiger charge is 2.10. The zero-order valence-corrected chi connectivity index (χ0v) is 19.6. The second-order valence-corrected chi connectivity index (χ2v) is 7.79. The van der Waals surface area contributed by atoms with Gasteiger partial charge in [0.25, 0.3) is 0 Å². The van der Waals surface area contributed by atoms with Gasteiger partial charge in [-0.25, -0.2) is 4.99 Å². The maximum absolute atomic E-state index is 5.27. The van der Waals surface area contributed by atoms with Gasteiger partial charge in [-0.3, -0.25) is 4.99 Å². The van der Waals surface area contributed by atoms with Crippen LogP contribution in [0.25, 0.3) is 11.1 Å². The fourth-order valence-corrected chi connectivity index (χ4v) is 3.58. The number of rotatable bonds is 11. The first-order chi connectivity index (χ1) is 16.1.